The summed E-state index contributed by atoms with van der Waals surface area (Å²) in [5.74, 6) is 0.271. The maximum atomic E-state index is 9.70. The fourth-order valence-electron chi connectivity index (χ4n) is 3.95. The number of aliphatic hydroxyl groups excluding tert-OH is 1. The molecule has 0 spiro atoms. The van der Waals surface area contributed by atoms with Gasteiger partial charge in [-0.15, -0.1) is 0 Å². The van der Waals surface area contributed by atoms with Crippen LogP contribution in [0.15, 0.2) is 24.0 Å². The number of hydrogen-bond donors (Lipinski definition) is 1. The van der Waals surface area contributed by atoms with E-state index in [-0.39, 0.29) is 24.8 Å². The molecular weight excluding hydrogens is 266 g/mol. The molecule has 3 aliphatic rings. The average molecular weight is 289 g/mol. The van der Waals surface area contributed by atoms with E-state index in [1.807, 2.05) is 10.9 Å². The van der Waals surface area contributed by atoms with E-state index in [2.05, 4.69) is 17.0 Å². The highest BCUT2D eigenvalue weighted by atomic mass is 16.5. The van der Waals surface area contributed by atoms with Gasteiger partial charge in [-0.3, -0.25) is 0 Å². The molecule has 1 unspecified atom stereocenters. The van der Waals surface area contributed by atoms with Crippen molar-refractivity contribution in [1.82, 2.24) is 14.7 Å². The van der Waals surface area contributed by atoms with Gasteiger partial charge >= 0.3 is 0 Å². The number of aliphatic hydroxyl groups is 1. The molecule has 0 amide bonds. The van der Waals surface area contributed by atoms with Crippen LogP contribution >= 0.6 is 0 Å². The molecule has 0 aliphatic carbocycles. The lowest BCUT2D eigenvalue weighted by Gasteiger charge is -2.26. The van der Waals surface area contributed by atoms with Crippen molar-refractivity contribution in [2.45, 2.75) is 44.4 Å². The maximum Gasteiger partial charge on any atom is 0.150 e. The van der Waals surface area contributed by atoms with Gasteiger partial charge in [0, 0.05) is 37.6 Å². The Balaban J connectivity index is 1.58. The number of aromatic nitrogens is 2. The van der Waals surface area contributed by atoms with Gasteiger partial charge in [0.25, 0.3) is 0 Å². The van der Waals surface area contributed by atoms with E-state index in [4.69, 9.17) is 9.84 Å². The quantitative estimate of drug-likeness (QED) is 0.927. The maximum absolute atomic E-state index is 9.70. The number of allylic oxidation sites excluding steroid dienone is 1. The Labute approximate surface area is 125 Å². The van der Waals surface area contributed by atoms with E-state index in [1.165, 1.54) is 12.1 Å². The molecular formula is C16H23N3O2. The summed E-state index contributed by atoms with van der Waals surface area (Å²) in [7, 11) is 0. The highest BCUT2D eigenvalue weighted by Gasteiger charge is 2.40. The summed E-state index contributed by atoms with van der Waals surface area (Å²) >= 11 is 0. The predicted octanol–water partition coefficient (Wildman–Crippen LogP) is 2.23. The molecule has 5 nitrogen and oxygen atoms in total. The second-order valence-corrected chi connectivity index (χ2v) is 6.31. The van der Waals surface area contributed by atoms with Gasteiger partial charge in [0.15, 0.2) is 0 Å². The Morgan fingerprint density at radius 3 is 3.14 bits per heavy atom. The van der Waals surface area contributed by atoms with Crippen LogP contribution in [0.4, 0.5) is 0 Å². The first-order valence-electron chi connectivity index (χ1n) is 8.10. The molecule has 4 heterocycles. The minimum atomic E-state index is 0.0927. The lowest BCUT2D eigenvalue weighted by atomic mass is 9.97. The molecule has 114 valence electrons. The van der Waals surface area contributed by atoms with Crippen LogP contribution in [0.1, 0.15) is 50.1 Å². The van der Waals surface area contributed by atoms with Gasteiger partial charge in [-0.05, 0) is 38.2 Å². The minimum Gasteiger partial charge on any atom is -0.396 e. The van der Waals surface area contributed by atoms with Crippen LogP contribution in [0, 0.1) is 5.92 Å². The predicted molar refractivity (Wildman–Crippen MR) is 78.4 cm³/mol. The second-order valence-electron chi connectivity index (χ2n) is 6.31. The Bertz CT molecular complexity index is 533. The average Bonchev–Trinajstić information content (AvgIpc) is 3.22. The molecule has 4 rings (SSSR count). The fourth-order valence-corrected chi connectivity index (χ4v) is 3.95. The molecule has 0 radical (unpaired) electrons. The smallest absolute Gasteiger partial charge is 0.150 e. The van der Waals surface area contributed by atoms with Crippen molar-refractivity contribution >= 4 is 0 Å². The summed E-state index contributed by atoms with van der Waals surface area (Å²) in [6.45, 7) is 2.12. The summed E-state index contributed by atoms with van der Waals surface area (Å²) in [6, 6.07) is 2.33. The second kappa shape index (κ2) is 5.46. The summed E-state index contributed by atoms with van der Waals surface area (Å²) in [5, 5.41) is 14.5. The lowest BCUT2D eigenvalue weighted by Crippen LogP contribution is -2.26. The van der Waals surface area contributed by atoms with Crippen LogP contribution in [-0.2, 0) is 4.74 Å². The molecule has 1 aromatic heterocycles. The van der Waals surface area contributed by atoms with Gasteiger partial charge in [-0.1, -0.05) is 6.08 Å². The first kappa shape index (κ1) is 13.3. The van der Waals surface area contributed by atoms with Crippen LogP contribution < -0.4 is 0 Å². The summed E-state index contributed by atoms with van der Waals surface area (Å²) in [4.78, 5) is 2.43. The zero-order chi connectivity index (χ0) is 14.2. The standard InChI is InChI=1S/C16H23N3O2/c20-11-12-10-13-4-3-7-18(13)16(12)14-6-8-19(17-14)15-5-1-2-9-21-15/h4,6,8,12,15-16,20H,1-3,5,7,9-11H2/t12-,15?,16-/m1/s1. The van der Waals surface area contributed by atoms with Crippen LogP contribution in [0.2, 0.25) is 0 Å². The van der Waals surface area contributed by atoms with Crippen LogP contribution in [0.5, 0.6) is 0 Å². The number of ether oxygens (including phenoxy) is 1. The molecule has 5 heteroatoms. The molecule has 0 aromatic carbocycles. The Hall–Kier alpha value is -1.33. The summed E-state index contributed by atoms with van der Waals surface area (Å²) in [5.41, 5.74) is 2.47. The zero-order valence-corrected chi connectivity index (χ0v) is 12.3. The molecule has 3 aliphatic heterocycles. The SMILES string of the molecule is OC[C@H]1CC2=CCCN2[C@H]1c1ccn(C2CCCCO2)n1. The first-order chi connectivity index (χ1) is 10.4. The molecule has 0 saturated carbocycles. The Kier molecular flexibility index (Phi) is 3.47. The fraction of sp³-hybridized carbons (Fsp3) is 0.688. The van der Waals surface area contributed by atoms with Gasteiger partial charge in [0.05, 0.1) is 11.7 Å². The molecule has 2 fully saturated rings. The molecule has 1 N–H and O–H groups in total. The topological polar surface area (TPSA) is 50.5 Å². The van der Waals surface area contributed by atoms with Crippen molar-refractivity contribution in [2.75, 3.05) is 19.8 Å². The van der Waals surface area contributed by atoms with E-state index in [0.717, 1.165) is 44.5 Å². The van der Waals surface area contributed by atoms with Gasteiger partial charge in [0.2, 0.25) is 0 Å². The zero-order valence-electron chi connectivity index (χ0n) is 12.3. The van der Waals surface area contributed by atoms with Crippen molar-refractivity contribution < 1.29 is 9.84 Å². The molecule has 1 aromatic rings. The lowest BCUT2D eigenvalue weighted by molar-refractivity contribution is -0.0399. The van der Waals surface area contributed by atoms with Crippen LogP contribution in [0.3, 0.4) is 0 Å². The minimum absolute atomic E-state index is 0.0927. The highest BCUT2D eigenvalue weighted by Crippen LogP contribution is 2.44. The van der Waals surface area contributed by atoms with Crippen molar-refractivity contribution in [3.8, 4) is 0 Å². The van der Waals surface area contributed by atoms with Gasteiger partial charge < -0.3 is 14.7 Å². The molecule has 21 heavy (non-hydrogen) atoms. The molecule has 0 bridgehead atoms. The number of rotatable bonds is 3. The first-order valence-corrected chi connectivity index (χ1v) is 8.10. The summed E-state index contributed by atoms with van der Waals surface area (Å²) < 4.78 is 7.78. The number of nitrogens with zero attached hydrogens (tertiary/aromatic N) is 3. The van der Waals surface area contributed by atoms with E-state index in [0.29, 0.717) is 0 Å². The number of fused-ring (bicyclic) bond motifs is 1. The third kappa shape index (κ3) is 2.28. The van der Waals surface area contributed by atoms with Crippen molar-refractivity contribution in [3.05, 3.63) is 29.7 Å². The van der Waals surface area contributed by atoms with Gasteiger partial charge in [0.1, 0.15) is 6.23 Å². The van der Waals surface area contributed by atoms with E-state index in [9.17, 15) is 5.11 Å². The van der Waals surface area contributed by atoms with Gasteiger partial charge in [-0.2, -0.15) is 5.10 Å². The van der Waals surface area contributed by atoms with Crippen molar-refractivity contribution in [3.63, 3.8) is 0 Å². The Morgan fingerprint density at radius 1 is 1.38 bits per heavy atom. The van der Waals surface area contributed by atoms with Crippen LogP contribution in [0.25, 0.3) is 0 Å². The van der Waals surface area contributed by atoms with Gasteiger partial charge in [-0.25, -0.2) is 4.68 Å². The monoisotopic (exact) mass is 289 g/mol. The Morgan fingerprint density at radius 2 is 2.33 bits per heavy atom. The van der Waals surface area contributed by atoms with E-state index >= 15 is 0 Å². The molecule has 3 atom stereocenters. The normalized spacial score (nSPS) is 32.3. The molecule has 2 saturated heterocycles. The number of hydrogen-bond acceptors (Lipinski definition) is 4. The largest absolute Gasteiger partial charge is 0.396 e. The third-order valence-electron chi connectivity index (χ3n) is 4.99. The van der Waals surface area contributed by atoms with Crippen LogP contribution in [-0.4, -0.2) is 39.5 Å². The highest BCUT2D eigenvalue weighted by molar-refractivity contribution is 5.22. The third-order valence-corrected chi connectivity index (χ3v) is 4.99. The van der Waals surface area contributed by atoms with E-state index in [1.54, 1.807) is 0 Å². The van der Waals surface area contributed by atoms with E-state index < -0.39 is 0 Å². The summed E-state index contributed by atoms with van der Waals surface area (Å²) in [6.07, 6.45) is 9.95. The van der Waals surface area contributed by atoms with Crippen molar-refractivity contribution in [2.24, 2.45) is 5.92 Å². The van der Waals surface area contributed by atoms with Crippen molar-refractivity contribution in [1.29, 1.82) is 0 Å².